The van der Waals surface area contributed by atoms with Crippen LogP contribution >= 0.6 is 0 Å². The molecule has 98 valence electrons. The monoisotopic (exact) mass is 260 g/mol. The molecule has 19 heavy (non-hydrogen) atoms. The molecule has 3 rings (SSSR count). The Morgan fingerprint density at radius 2 is 2.05 bits per heavy atom. The largest absolute Gasteiger partial charge is 0.378 e. The zero-order valence-corrected chi connectivity index (χ0v) is 10.3. The van der Waals surface area contributed by atoms with Gasteiger partial charge in [0, 0.05) is 24.0 Å². The summed E-state index contributed by atoms with van der Waals surface area (Å²) >= 11 is 0. The van der Waals surface area contributed by atoms with E-state index in [1.807, 2.05) is 6.07 Å². The molecule has 0 unspecified atom stereocenters. The van der Waals surface area contributed by atoms with Gasteiger partial charge in [0.2, 0.25) is 0 Å². The van der Waals surface area contributed by atoms with Gasteiger partial charge in [-0.2, -0.15) is 0 Å². The van der Waals surface area contributed by atoms with E-state index in [0.29, 0.717) is 36.0 Å². The number of anilines is 1. The van der Waals surface area contributed by atoms with Crippen molar-refractivity contribution in [3.05, 3.63) is 35.8 Å². The second-order valence-corrected chi connectivity index (χ2v) is 4.49. The Kier molecular flexibility index (Phi) is 3.13. The van der Waals surface area contributed by atoms with Crippen LogP contribution < -0.4 is 4.90 Å². The van der Waals surface area contributed by atoms with Crippen molar-refractivity contribution in [1.82, 2.24) is 4.98 Å². The third kappa shape index (κ3) is 2.29. The third-order valence-electron chi connectivity index (χ3n) is 3.26. The molecule has 1 fully saturated rings. The van der Waals surface area contributed by atoms with Crippen molar-refractivity contribution < 1.29 is 13.9 Å². The Morgan fingerprint density at radius 1 is 1.26 bits per heavy atom. The second kappa shape index (κ2) is 4.93. The number of ether oxygens (including phenoxy) is 1. The molecule has 0 atom stereocenters. The van der Waals surface area contributed by atoms with Gasteiger partial charge in [-0.3, -0.25) is 9.78 Å². The van der Waals surface area contributed by atoms with Crippen LogP contribution in [0.25, 0.3) is 10.9 Å². The van der Waals surface area contributed by atoms with Crippen molar-refractivity contribution >= 4 is 22.9 Å². The summed E-state index contributed by atoms with van der Waals surface area (Å²) < 4.78 is 19.0. The zero-order chi connectivity index (χ0) is 13.2. The van der Waals surface area contributed by atoms with Crippen LogP contribution in [0.4, 0.5) is 10.1 Å². The maximum Gasteiger partial charge on any atom is 0.150 e. The second-order valence-electron chi connectivity index (χ2n) is 4.49. The summed E-state index contributed by atoms with van der Waals surface area (Å²) in [6.45, 7) is 2.95. The van der Waals surface area contributed by atoms with Gasteiger partial charge in [0.1, 0.15) is 17.6 Å². The Balaban J connectivity index is 2.06. The molecule has 0 amide bonds. The number of nitrogens with zero attached hydrogens (tertiary/aromatic N) is 2. The third-order valence-corrected chi connectivity index (χ3v) is 3.26. The van der Waals surface area contributed by atoms with Gasteiger partial charge in [-0.15, -0.1) is 0 Å². The lowest BCUT2D eigenvalue weighted by Gasteiger charge is -2.28. The van der Waals surface area contributed by atoms with Crippen LogP contribution in [0.5, 0.6) is 0 Å². The molecule has 1 aromatic carbocycles. The zero-order valence-electron chi connectivity index (χ0n) is 10.3. The van der Waals surface area contributed by atoms with Crippen LogP contribution in [0.3, 0.4) is 0 Å². The minimum absolute atomic E-state index is 0.294. The molecule has 2 heterocycles. The summed E-state index contributed by atoms with van der Waals surface area (Å²) in [5.74, 6) is -0.465. The molecule has 2 aromatic rings. The van der Waals surface area contributed by atoms with E-state index in [9.17, 15) is 9.18 Å². The number of pyridine rings is 1. The number of carbonyl (C=O) groups excluding carboxylic acids is 1. The van der Waals surface area contributed by atoms with Gasteiger partial charge in [-0.25, -0.2) is 4.39 Å². The molecule has 1 aromatic heterocycles. The van der Waals surface area contributed by atoms with E-state index < -0.39 is 5.82 Å². The summed E-state index contributed by atoms with van der Waals surface area (Å²) in [7, 11) is 0. The normalized spacial score (nSPS) is 15.7. The van der Waals surface area contributed by atoms with Crippen LogP contribution in [0.1, 0.15) is 10.4 Å². The van der Waals surface area contributed by atoms with Crippen molar-refractivity contribution in [2.45, 2.75) is 0 Å². The van der Waals surface area contributed by atoms with Crippen molar-refractivity contribution in [3.8, 4) is 0 Å². The number of aldehydes is 1. The lowest BCUT2D eigenvalue weighted by molar-refractivity contribution is 0.112. The fraction of sp³-hybridized carbons (Fsp3) is 0.286. The van der Waals surface area contributed by atoms with E-state index in [0.717, 1.165) is 18.8 Å². The molecule has 1 saturated heterocycles. The molecule has 0 bridgehead atoms. The van der Waals surface area contributed by atoms with E-state index >= 15 is 0 Å². The van der Waals surface area contributed by atoms with E-state index in [1.165, 1.54) is 6.07 Å². The van der Waals surface area contributed by atoms with E-state index in [2.05, 4.69) is 9.88 Å². The topological polar surface area (TPSA) is 42.4 Å². The maximum absolute atomic E-state index is 13.8. The highest BCUT2D eigenvalue weighted by Gasteiger charge is 2.13. The highest BCUT2D eigenvalue weighted by Crippen LogP contribution is 2.23. The summed E-state index contributed by atoms with van der Waals surface area (Å²) in [6, 6.07) is 4.73. The lowest BCUT2D eigenvalue weighted by atomic mass is 10.1. The number of halogens is 1. The van der Waals surface area contributed by atoms with E-state index in [4.69, 9.17) is 4.74 Å². The molecule has 4 nitrogen and oxygen atoms in total. The van der Waals surface area contributed by atoms with E-state index in [1.54, 1.807) is 12.3 Å². The Hall–Kier alpha value is -2.01. The van der Waals surface area contributed by atoms with Crippen LogP contribution in [0.15, 0.2) is 24.4 Å². The first-order valence-electron chi connectivity index (χ1n) is 6.15. The number of benzene rings is 1. The van der Waals surface area contributed by atoms with Gasteiger partial charge >= 0.3 is 0 Å². The molecule has 5 heteroatoms. The van der Waals surface area contributed by atoms with Crippen LogP contribution in [0.2, 0.25) is 0 Å². The number of aromatic nitrogens is 1. The number of hydrogen-bond acceptors (Lipinski definition) is 4. The average molecular weight is 260 g/mol. The van der Waals surface area contributed by atoms with Crippen molar-refractivity contribution in [3.63, 3.8) is 0 Å². The molecule has 0 N–H and O–H groups in total. The number of carbonyl (C=O) groups is 1. The first-order valence-corrected chi connectivity index (χ1v) is 6.15. The average Bonchev–Trinajstić information content (AvgIpc) is 2.47. The molecule has 0 spiro atoms. The van der Waals surface area contributed by atoms with Gasteiger partial charge in [-0.1, -0.05) is 0 Å². The number of morpholine rings is 1. The summed E-state index contributed by atoms with van der Waals surface area (Å²) in [6.07, 6.45) is 2.31. The van der Waals surface area contributed by atoms with Crippen molar-refractivity contribution in [2.75, 3.05) is 31.2 Å². The van der Waals surface area contributed by atoms with Gasteiger partial charge in [0.15, 0.2) is 0 Å². The maximum atomic E-state index is 13.8. The SMILES string of the molecule is O=Cc1cc(F)c2ncc(N3CCOCC3)cc2c1. The standard InChI is InChI=1S/C14H13FN2O2/c15-13-6-10(9-18)5-11-7-12(8-16-14(11)13)17-1-3-19-4-2-17/h5-9H,1-4H2. The Bertz CT molecular complexity index is 624. The molecule has 1 aliphatic rings. The fourth-order valence-corrected chi connectivity index (χ4v) is 2.28. The minimum atomic E-state index is -0.465. The molecule has 0 radical (unpaired) electrons. The quantitative estimate of drug-likeness (QED) is 0.775. The summed E-state index contributed by atoms with van der Waals surface area (Å²) in [5, 5.41) is 0.645. The van der Waals surface area contributed by atoms with Crippen molar-refractivity contribution in [1.29, 1.82) is 0 Å². The van der Waals surface area contributed by atoms with Gasteiger partial charge in [-0.05, 0) is 18.2 Å². The first-order chi connectivity index (χ1) is 9.28. The number of hydrogen-bond donors (Lipinski definition) is 0. The van der Waals surface area contributed by atoms with Crippen LogP contribution in [-0.4, -0.2) is 37.6 Å². The predicted molar refractivity (Wildman–Crippen MR) is 70.1 cm³/mol. The Labute approximate surface area is 109 Å². The molecular formula is C14H13FN2O2. The van der Waals surface area contributed by atoms with Crippen LogP contribution in [-0.2, 0) is 4.74 Å². The molecule has 1 aliphatic heterocycles. The molecule has 0 aliphatic carbocycles. The minimum Gasteiger partial charge on any atom is -0.378 e. The molecular weight excluding hydrogens is 247 g/mol. The van der Waals surface area contributed by atoms with Crippen molar-refractivity contribution in [2.24, 2.45) is 0 Å². The highest BCUT2D eigenvalue weighted by molar-refractivity contribution is 5.88. The van der Waals surface area contributed by atoms with E-state index in [-0.39, 0.29) is 0 Å². The predicted octanol–water partition coefficient (Wildman–Crippen LogP) is 2.02. The van der Waals surface area contributed by atoms with Gasteiger partial charge in [0.25, 0.3) is 0 Å². The highest BCUT2D eigenvalue weighted by atomic mass is 19.1. The number of fused-ring (bicyclic) bond motifs is 1. The summed E-state index contributed by atoms with van der Waals surface area (Å²) in [5.41, 5.74) is 1.55. The first kappa shape index (κ1) is 12.0. The lowest BCUT2D eigenvalue weighted by Crippen LogP contribution is -2.36. The number of rotatable bonds is 2. The van der Waals surface area contributed by atoms with Gasteiger partial charge < -0.3 is 9.64 Å². The smallest absolute Gasteiger partial charge is 0.150 e. The van der Waals surface area contributed by atoms with Gasteiger partial charge in [0.05, 0.1) is 25.1 Å². The fourth-order valence-electron chi connectivity index (χ4n) is 2.28. The molecule has 0 saturated carbocycles. The summed E-state index contributed by atoms with van der Waals surface area (Å²) in [4.78, 5) is 17.1. The Morgan fingerprint density at radius 3 is 2.79 bits per heavy atom. The van der Waals surface area contributed by atoms with Crippen LogP contribution in [0, 0.1) is 5.82 Å².